The Morgan fingerprint density at radius 3 is 3.29 bits per heavy atom. The maximum atomic E-state index is 3.70. The largest absolute Gasteiger partial charge is 0.309 e. The van der Waals surface area contributed by atoms with Gasteiger partial charge in [0.25, 0.3) is 0 Å². The van der Waals surface area contributed by atoms with Crippen LogP contribution in [0.1, 0.15) is 22.9 Å². The summed E-state index contributed by atoms with van der Waals surface area (Å²) in [5.41, 5.74) is 1.61. The van der Waals surface area contributed by atoms with Crippen molar-refractivity contribution in [2.75, 3.05) is 18.1 Å². The summed E-state index contributed by atoms with van der Waals surface area (Å²) in [5.74, 6) is 3.60. The van der Waals surface area contributed by atoms with Gasteiger partial charge in [-0.2, -0.15) is 11.8 Å². The molecule has 14 heavy (non-hydrogen) atoms. The molecule has 0 bridgehead atoms. The minimum Gasteiger partial charge on any atom is -0.309 e. The van der Waals surface area contributed by atoms with E-state index in [0.717, 1.165) is 5.92 Å². The lowest BCUT2D eigenvalue weighted by Crippen LogP contribution is -2.33. The molecule has 0 spiro atoms. The Labute approximate surface area is 93.3 Å². The van der Waals surface area contributed by atoms with Gasteiger partial charge in [-0.1, -0.05) is 0 Å². The summed E-state index contributed by atoms with van der Waals surface area (Å²) in [5, 5.41) is 5.95. The van der Waals surface area contributed by atoms with Gasteiger partial charge in [-0.05, 0) is 47.3 Å². The average molecular weight is 225 g/mol. The normalized spacial score (nSPS) is 31.7. The summed E-state index contributed by atoms with van der Waals surface area (Å²) in [6.45, 7) is 1.18. The van der Waals surface area contributed by atoms with Gasteiger partial charge in [0.15, 0.2) is 0 Å². The molecule has 3 rings (SSSR count). The van der Waals surface area contributed by atoms with Crippen molar-refractivity contribution < 1.29 is 0 Å². The molecule has 1 N–H and O–H groups in total. The zero-order chi connectivity index (χ0) is 9.38. The number of fused-ring (bicyclic) bond motifs is 1. The second-order valence-electron chi connectivity index (χ2n) is 4.10. The Kier molecular flexibility index (Phi) is 2.56. The highest BCUT2D eigenvalue weighted by Crippen LogP contribution is 2.38. The second kappa shape index (κ2) is 3.87. The fourth-order valence-electron chi connectivity index (χ4n) is 2.52. The van der Waals surface area contributed by atoms with Crippen molar-refractivity contribution >= 4 is 23.1 Å². The van der Waals surface area contributed by atoms with Crippen molar-refractivity contribution in [1.29, 1.82) is 0 Å². The molecule has 1 aromatic heterocycles. The summed E-state index contributed by atoms with van der Waals surface area (Å²) in [6, 6.07) is 3.00. The molecule has 2 unspecified atom stereocenters. The number of thioether (sulfide) groups is 1. The van der Waals surface area contributed by atoms with Crippen molar-refractivity contribution in [3.63, 3.8) is 0 Å². The van der Waals surface area contributed by atoms with Crippen LogP contribution in [0.2, 0.25) is 0 Å². The Morgan fingerprint density at radius 2 is 2.43 bits per heavy atom. The number of thiophene rings is 1. The Balaban J connectivity index is 1.88. The first-order chi connectivity index (χ1) is 6.95. The number of nitrogens with one attached hydrogen (secondary N) is 1. The highest BCUT2D eigenvalue weighted by Gasteiger charge is 2.30. The van der Waals surface area contributed by atoms with E-state index in [-0.39, 0.29) is 0 Å². The van der Waals surface area contributed by atoms with Gasteiger partial charge in [-0.25, -0.2) is 0 Å². The van der Waals surface area contributed by atoms with E-state index in [1.54, 1.807) is 10.4 Å². The van der Waals surface area contributed by atoms with Crippen molar-refractivity contribution in [2.24, 2.45) is 5.92 Å². The minimum absolute atomic E-state index is 0.667. The zero-order valence-corrected chi connectivity index (χ0v) is 9.79. The lowest BCUT2D eigenvalue weighted by molar-refractivity contribution is 0.381. The molecule has 0 aliphatic carbocycles. The van der Waals surface area contributed by atoms with E-state index in [1.807, 2.05) is 11.3 Å². The van der Waals surface area contributed by atoms with Crippen LogP contribution in [0.5, 0.6) is 0 Å². The molecule has 0 saturated carbocycles. The van der Waals surface area contributed by atoms with E-state index < -0.39 is 0 Å². The molecule has 0 amide bonds. The van der Waals surface area contributed by atoms with Crippen LogP contribution in [0.15, 0.2) is 11.4 Å². The van der Waals surface area contributed by atoms with Gasteiger partial charge in [0.1, 0.15) is 0 Å². The molecule has 2 aliphatic rings. The summed E-state index contributed by atoms with van der Waals surface area (Å²) in [6.07, 6.45) is 2.64. The van der Waals surface area contributed by atoms with E-state index >= 15 is 0 Å². The quantitative estimate of drug-likeness (QED) is 0.788. The topological polar surface area (TPSA) is 12.0 Å². The van der Waals surface area contributed by atoms with Crippen LogP contribution in [0.4, 0.5) is 0 Å². The molecular weight excluding hydrogens is 210 g/mol. The van der Waals surface area contributed by atoms with Crippen LogP contribution >= 0.6 is 23.1 Å². The third kappa shape index (κ3) is 1.51. The number of rotatable bonds is 1. The molecule has 3 heterocycles. The monoisotopic (exact) mass is 225 g/mol. The third-order valence-electron chi connectivity index (χ3n) is 3.27. The molecule has 3 heteroatoms. The summed E-state index contributed by atoms with van der Waals surface area (Å²) in [7, 11) is 0. The van der Waals surface area contributed by atoms with Crippen LogP contribution in [0.3, 0.4) is 0 Å². The van der Waals surface area contributed by atoms with Gasteiger partial charge >= 0.3 is 0 Å². The van der Waals surface area contributed by atoms with E-state index in [0.29, 0.717) is 6.04 Å². The van der Waals surface area contributed by atoms with E-state index in [1.165, 1.54) is 30.9 Å². The van der Waals surface area contributed by atoms with E-state index in [2.05, 4.69) is 28.5 Å². The fourth-order valence-corrected chi connectivity index (χ4v) is 4.75. The molecule has 1 saturated heterocycles. The highest BCUT2D eigenvalue weighted by molar-refractivity contribution is 7.99. The predicted octanol–water partition coefficient (Wildman–Crippen LogP) is 2.69. The summed E-state index contributed by atoms with van der Waals surface area (Å²) >= 11 is 4.06. The van der Waals surface area contributed by atoms with Crippen LogP contribution in [0, 0.1) is 5.92 Å². The van der Waals surface area contributed by atoms with Crippen molar-refractivity contribution in [2.45, 2.75) is 18.9 Å². The van der Waals surface area contributed by atoms with E-state index in [4.69, 9.17) is 0 Å². The molecule has 0 aromatic carbocycles. The predicted molar refractivity (Wildman–Crippen MR) is 64.2 cm³/mol. The second-order valence-corrected chi connectivity index (χ2v) is 6.26. The standard InChI is InChI=1S/C11H15NS2/c1-4-12-11(8-2-5-13-7-8)9-3-6-14-10(1)9/h3,6,8,11-12H,1-2,4-5,7H2. The van der Waals surface area contributed by atoms with Crippen LogP contribution < -0.4 is 5.32 Å². The zero-order valence-electron chi connectivity index (χ0n) is 8.16. The first kappa shape index (κ1) is 9.25. The lowest BCUT2D eigenvalue weighted by atomic mass is 9.90. The van der Waals surface area contributed by atoms with Crippen molar-refractivity contribution in [1.82, 2.24) is 5.32 Å². The third-order valence-corrected chi connectivity index (χ3v) is 5.45. The Bertz CT molecular complexity index is 315. The molecule has 1 aromatic rings. The minimum atomic E-state index is 0.667. The maximum absolute atomic E-state index is 3.70. The van der Waals surface area contributed by atoms with Crippen molar-refractivity contribution in [3.05, 3.63) is 21.9 Å². The fraction of sp³-hybridized carbons (Fsp3) is 0.636. The Morgan fingerprint density at radius 1 is 1.43 bits per heavy atom. The van der Waals surface area contributed by atoms with Gasteiger partial charge in [-0.3, -0.25) is 0 Å². The molecule has 1 fully saturated rings. The molecule has 0 radical (unpaired) electrons. The van der Waals surface area contributed by atoms with Gasteiger partial charge in [0, 0.05) is 17.5 Å². The maximum Gasteiger partial charge on any atom is 0.0368 e. The van der Waals surface area contributed by atoms with Crippen LogP contribution in [-0.4, -0.2) is 18.1 Å². The van der Waals surface area contributed by atoms with E-state index in [9.17, 15) is 0 Å². The Hall–Kier alpha value is 0.01000. The van der Waals surface area contributed by atoms with Crippen LogP contribution in [-0.2, 0) is 6.42 Å². The highest BCUT2D eigenvalue weighted by atomic mass is 32.2. The number of hydrogen-bond acceptors (Lipinski definition) is 3. The van der Waals surface area contributed by atoms with Gasteiger partial charge in [0.05, 0.1) is 0 Å². The first-order valence-electron chi connectivity index (χ1n) is 5.32. The molecular formula is C11H15NS2. The lowest BCUT2D eigenvalue weighted by Gasteiger charge is -2.28. The van der Waals surface area contributed by atoms with Gasteiger partial charge in [0.2, 0.25) is 0 Å². The smallest absolute Gasteiger partial charge is 0.0368 e. The average Bonchev–Trinajstić information content (AvgIpc) is 2.88. The summed E-state index contributed by atoms with van der Waals surface area (Å²) in [4.78, 5) is 1.63. The molecule has 1 nitrogen and oxygen atoms in total. The SMILES string of the molecule is c1cc2c(s1)CCNC2C1CCSC1. The first-order valence-corrected chi connectivity index (χ1v) is 7.36. The molecule has 2 atom stereocenters. The summed E-state index contributed by atoms with van der Waals surface area (Å²) < 4.78 is 0. The molecule has 2 aliphatic heterocycles. The number of hydrogen-bond donors (Lipinski definition) is 1. The van der Waals surface area contributed by atoms with Crippen LogP contribution in [0.25, 0.3) is 0 Å². The van der Waals surface area contributed by atoms with Gasteiger partial charge in [-0.15, -0.1) is 11.3 Å². The van der Waals surface area contributed by atoms with Gasteiger partial charge < -0.3 is 5.32 Å². The van der Waals surface area contributed by atoms with Crippen molar-refractivity contribution in [3.8, 4) is 0 Å². The molecule has 76 valence electrons.